The van der Waals surface area contributed by atoms with Crippen LogP contribution >= 0.6 is 11.3 Å². The number of benzene rings is 1. The quantitative estimate of drug-likeness (QED) is 0.422. The van der Waals surface area contributed by atoms with Crippen molar-refractivity contribution in [2.45, 2.75) is 19.9 Å². The first-order valence-electron chi connectivity index (χ1n) is 8.32. The number of aromatic nitrogens is 1. The molecule has 1 aliphatic heterocycles. The Morgan fingerprint density at radius 1 is 1.19 bits per heavy atom. The molecule has 0 unspecified atom stereocenters. The Bertz CT molecular complexity index is 1050. The second-order valence-corrected chi connectivity index (χ2v) is 7.33. The maximum Gasteiger partial charge on any atom is 0.301 e. The molecule has 27 heavy (non-hydrogen) atoms. The fourth-order valence-electron chi connectivity index (χ4n) is 3.12. The summed E-state index contributed by atoms with van der Waals surface area (Å²) in [7, 11) is 0. The molecule has 0 radical (unpaired) electrons. The van der Waals surface area contributed by atoms with Crippen molar-refractivity contribution in [2.24, 2.45) is 0 Å². The number of carbonyl (C=O) groups is 2. The first-order chi connectivity index (χ1) is 13.0. The predicted molar refractivity (Wildman–Crippen MR) is 102 cm³/mol. The van der Waals surface area contributed by atoms with Gasteiger partial charge in [0.05, 0.1) is 5.57 Å². The molecular formula is C20H16N2O4S. The number of ketones is 1. The molecule has 3 aromatic rings. The Hall–Kier alpha value is -3.19. The Labute approximate surface area is 159 Å². The van der Waals surface area contributed by atoms with E-state index in [1.165, 1.54) is 16.2 Å². The van der Waals surface area contributed by atoms with Gasteiger partial charge >= 0.3 is 5.91 Å². The van der Waals surface area contributed by atoms with Gasteiger partial charge in [-0.15, -0.1) is 11.3 Å². The first kappa shape index (κ1) is 17.2. The summed E-state index contributed by atoms with van der Waals surface area (Å²) >= 11 is 1.40. The molecule has 0 aliphatic carbocycles. The minimum atomic E-state index is -0.754. The van der Waals surface area contributed by atoms with Crippen molar-refractivity contribution in [2.75, 3.05) is 4.90 Å². The number of anilines is 1. The molecule has 1 amide bonds. The maximum atomic E-state index is 12.8. The molecule has 1 atom stereocenters. The van der Waals surface area contributed by atoms with Crippen LogP contribution in [-0.4, -0.2) is 22.0 Å². The molecule has 1 aromatic carbocycles. The molecule has 0 spiro atoms. The summed E-state index contributed by atoms with van der Waals surface area (Å²) in [6.45, 7) is 3.64. The van der Waals surface area contributed by atoms with Crippen LogP contribution in [0.4, 0.5) is 5.82 Å². The fraction of sp³-hybridized carbons (Fsp3) is 0.150. The highest BCUT2D eigenvalue weighted by Crippen LogP contribution is 2.43. The van der Waals surface area contributed by atoms with Crippen LogP contribution in [0.2, 0.25) is 0 Å². The fourth-order valence-corrected chi connectivity index (χ4v) is 3.94. The van der Waals surface area contributed by atoms with Gasteiger partial charge in [0.2, 0.25) is 0 Å². The van der Waals surface area contributed by atoms with Crippen LogP contribution in [0.5, 0.6) is 0 Å². The Morgan fingerprint density at radius 3 is 2.52 bits per heavy atom. The SMILES string of the molecule is Cc1ccc(C(O)=C2C(=O)C(=O)N(c3cc(C)on3)[C@H]2c2cccs2)cc1. The van der Waals surface area contributed by atoms with Gasteiger partial charge in [-0.1, -0.05) is 41.1 Å². The van der Waals surface area contributed by atoms with Crippen molar-refractivity contribution in [1.29, 1.82) is 0 Å². The predicted octanol–water partition coefficient (Wildman–Crippen LogP) is 3.98. The summed E-state index contributed by atoms with van der Waals surface area (Å²) in [5.74, 6) is -0.914. The van der Waals surface area contributed by atoms with Crippen molar-refractivity contribution >= 4 is 34.6 Å². The highest BCUT2D eigenvalue weighted by atomic mass is 32.1. The molecule has 3 heterocycles. The van der Waals surface area contributed by atoms with E-state index in [1.807, 2.05) is 36.6 Å². The average Bonchev–Trinajstić information content (AvgIpc) is 3.37. The van der Waals surface area contributed by atoms with Crippen molar-refractivity contribution in [3.63, 3.8) is 0 Å². The monoisotopic (exact) mass is 380 g/mol. The topological polar surface area (TPSA) is 83.6 Å². The number of Topliss-reactive ketones (excluding diaryl/α,β-unsaturated/α-hetero) is 1. The lowest BCUT2D eigenvalue weighted by molar-refractivity contribution is -0.132. The third-order valence-electron chi connectivity index (χ3n) is 4.44. The minimum Gasteiger partial charge on any atom is -0.507 e. The lowest BCUT2D eigenvalue weighted by Crippen LogP contribution is -2.29. The van der Waals surface area contributed by atoms with E-state index >= 15 is 0 Å². The second-order valence-electron chi connectivity index (χ2n) is 6.35. The van der Waals surface area contributed by atoms with Crippen molar-refractivity contribution in [1.82, 2.24) is 5.16 Å². The smallest absolute Gasteiger partial charge is 0.301 e. The van der Waals surface area contributed by atoms with Gasteiger partial charge in [0.15, 0.2) is 5.82 Å². The Morgan fingerprint density at radius 2 is 1.93 bits per heavy atom. The average molecular weight is 380 g/mol. The van der Waals surface area contributed by atoms with Gasteiger partial charge in [0, 0.05) is 16.5 Å². The second kappa shape index (κ2) is 6.51. The molecule has 0 bridgehead atoms. The number of nitrogens with zero attached hydrogens (tertiary/aromatic N) is 2. The number of hydrogen-bond acceptors (Lipinski definition) is 6. The highest BCUT2D eigenvalue weighted by Gasteiger charge is 2.48. The van der Waals surface area contributed by atoms with Gasteiger partial charge in [0.25, 0.3) is 5.78 Å². The molecule has 1 aliphatic rings. The zero-order chi connectivity index (χ0) is 19.1. The summed E-state index contributed by atoms with van der Waals surface area (Å²) in [4.78, 5) is 27.6. The summed E-state index contributed by atoms with van der Waals surface area (Å²) < 4.78 is 5.09. The molecule has 1 saturated heterocycles. The van der Waals surface area contributed by atoms with Gasteiger partial charge in [0.1, 0.15) is 17.6 Å². The molecule has 1 N–H and O–H groups in total. The van der Waals surface area contributed by atoms with Crippen molar-refractivity contribution < 1.29 is 19.2 Å². The lowest BCUT2D eigenvalue weighted by Gasteiger charge is -2.21. The van der Waals surface area contributed by atoms with E-state index in [0.29, 0.717) is 11.3 Å². The number of hydrogen-bond donors (Lipinski definition) is 1. The molecule has 6 nitrogen and oxygen atoms in total. The van der Waals surface area contributed by atoms with Crippen molar-refractivity contribution in [3.8, 4) is 0 Å². The summed E-state index contributed by atoms with van der Waals surface area (Å²) in [5, 5.41) is 16.6. The van der Waals surface area contributed by atoms with Crippen molar-refractivity contribution in [3.05, 3.63) is 75.2 Å². The van der Waals surface area contributed by atoms with Gasteiger partial charge in [-0.25, -0.2) is 0 Å². The molecular weight excluding hydrogens is 364 g/mol. The first-order valence-corrected chi connectivity index (χ1v) is 9.20. The van der Waals surface area contributed by atoms with E-state index < -0.39 is 17.7 Å². The van der Waals surface area contributed by atoms with Crippen LogP contribution in [0.3, 0.4) is 0 Å². The van der Waals surface area contributed by atoms with E-state index in [1.54, 1.807) is 25.1 Å². The Balaban J connectivity index is 1.92. The third-order valence-corrected chi connectivity index (χ3v) is 5.37. The van der Waals surface area contributed by atoms with E-state index in [9.17, 15) is 14.7 Å². The molecule has 7 heteroatoms. The number of thiophene rings is 1. The van der Waals surface area contributed by atoms with E-state index in [0.717, 1.165) is 10.4 Å². The molecule has 136 valence electrons. The number of aryl methyl sites for hydroxylation is 2. The Kier molecular flexibility index (Phi) is 4.16. The number of amides is 1. The van der Waals surface area contributed by atoms with Gasteiger partial charge in [-0.2, -0.15) is 0 Å². The zero-order valence-electron chi connectivity index (χ0n) is 14.7. The standard InChI is InChI=1S/C20H16N2O4S/c1-11-5-7-13(8-6-11)18(23)16-17(14-4-3-9-27-14)22(20(25)19(16)24)15-10-12(2)26-21-15/h3-10,17,23H,1-2H3/t17-/m0/s1. The summed E-state index contributed by atoms with van der Waals surface area (Å²) in [6.07, 6.45) is 0. The van der Waals surface area contributed by atoms with E-state index in [2.05, 4.69) is 5.16 Å². The largest absolute Gasteiger partial charge is 0.507 e. The van der Waals surface area contributed by atoms with Crippen LogP contribution in [0.15, 0.2) is 57.9 Å². The lowest BCUT2D eigenvalue weighted by atomic mass is 9.99. The zero-order valence-corrected chi connectivity index (χ0v) is 15.5. The van der Waals surface area contributed by atoms with Crippen LogP contribution in [0.25, 0.3) is 5.76 Å². The van der Waals surface area contributed by atoms with Crippen LogP contribution < -0.4 is 4.90 Å². The van der Waals surface area contributed by atoms with Crippen LogP contribution in [0, 0.1) is 13.8 Å². The summed E-state index contributed by atoms with van der Waals surface area (Å²) in [5.41, 5.74) is 1.56. The molecule has 0 saturated carbocycles. The highest BCUT2D eigenvalue weighted by molar-refractivity contribution is 7.10. The van der Waals surface area contributed by atoms with Gasteiger partial charge in [-0.3, -0.25) is 14.5 Å². The van der Waals surface area contributed by atoms with Crippen LogP contribution in [-0.2, 0) is 9.59 Å². The van der Waals surface area contributed by atoms with Gasteiger partial charge < -0.3 is 9.63 Å². The summed E-state index contributed by atoms with van der Waals surface area (Å²) in [6, 6.07) is 11.6. The number of aliphatic hydroxyl groups excluding tert-OH is 1. The number of aliphatic hydroxyl groups is 1. The number of carbonyl (C=O) groups excluding carboxylic acids is 2. The maximum absolute atomic E-state index is 12.8. The molecule has 2 aromatic heterocycles. The minimum absolute atomic E-state index is 0.0481. The van der Waals surface area contributed by atoms with Crippen LogP contribution in [0.1, 0.15) is 27.8 Å². The van der Waals surface area contributed by atoms with Gasteiger partial charge in [-0.05, 0) is 25.3 Å². The normalized spacial score (nSPS) is 19.0. The molecule has 4 rings (SSSR count). The molecule has 1 fully saturated rings. The number of rotatable bonds is 3. The van der Waals surface area contributed by atoms with E-state index in [4.69, 9.17) is 4.52 Å². The van der Waals surface area contributed by atoms with E-state index in [-0.39, 0.29) is 17.2 Å². The third kappa shape index (κ3) is 2.86.